The number of hydrogen-bond donors (Lipinski definition) is 3. The number of amides is 1. The second-order valence-electron chi connectivity index (χ2n) is 5.52. The van der Waals surface area contributed by atoms with Crippen LogP contribution >= 0.6 is 12.4 Å². The first kappa shape index (κ1) is 17.2. The topological polar surface area (TPSA) is 61.4 Å². The Morgan fingerprint density at radius 1 is 1.30 bits per heavy atom. The molecule has 0 saturated heterocycles. The molecule has 2 aromatic carbocycles. The molecule has 0 bridgehead atoms. The summed E-state index contributed by atoms with van der Waals surface area (Å²) in [6, 6.07) is 11.0. The maximum Gasteiger partial charge on any atom is 0.256 e. The molecule has 2 aromatic rings. The summed E-state index contributed by atoms with van der Waals surface area (Å²) >= 11 is 0. The number of rotatable bonds is 3. The van der Waals surface area contributed by atoms with Gasteiger partial charge in [-0.3, -0.25) is 4.79 Å². The lowest BCUT2D eigenvalue weighted by atomic mass is 9.97. The fourth-order valence-corrected chi connectivity index (χ4v) is 2.82. The summed E-state index contributed by atoms with van der Waals surface area (Å²) in [6.45, 7) is 2.98. The van der Waals surface area contributed by atoms with Crippen LogP contribution in [0, 0.1) is 0 Å². The molecule has 0 spiro atoms. The van der Waals surface area contributed by atoms with Crippen molar-refractivity contribution in [2.24, 2.45) is 0 Å². The van der Waals surface area contributed by atoms with Crippen molar-refractivity contribution in [1.82, 2.24) is 0 Å². The first-order valence-electron chi connectivity index (χ1n) is 7.68. The number of aromatic hydroxyl groups is 1. The molecule has 0 unspecified atom stereocenters. The molecule has 0 aromatic heterocycles. The minimum absolute atomic E-state index is 0. The zero-order chi connectivity index (χ0) is 15.5. The maximum atomic E-state index is 12.6. The molecule has 0 atom stereocenters. The summed E-state index contributed by atoms with van der Waals surface area (Å²) in [5.41, 5.74) is 4.30. The molecule has 0 aliphatic carbocycles. The molecule has 5 heteroatoms. The third kappa shape index (κ3) is 3.59. The van der Waals surface area contributed by atoms with Crippen molar-refractivity contribution in [3.63, 3.8) is 0 Å². The van der Waals surface area contributed by atoms with Gasteiger partial charge in [-0.1, -0.05) is 19.1 Å². The van der Waals surface area contributed by atoms with Crippen molar-refractivity contribution >= 4 is 29.7 Å². The van der Waals surface area contributed by atoms with Gasteiger partial charge in [0, 0.05) is 17.8 Å². The molecular formula is C18H21ClN2O2. The molecule has 0 saturated carbocycles. The van der Waals surface area contributed by atoms with Crippen molar-refractivity contribution in [3.05, 3.63) is 53.1 Å². The van der Waals surface area contributed by atoms with Crippen LogP contribution in [0.15, 0.2) is 36.4 Å². The van der Waals surface area contributed by atoms with Crippen LogP contribution in [0.4, 0.5) is 11.4 Å². The molecule has 1 aliphatic rings. The van der Waals surface area contributed by atoms with E-state index >= 15 is 0 Å². The SMILES string of the molecule is CCc1ccc(O)c(NC(=O)c2cccc3c2CCCN3)c1.Cl. The van der Waals surface area contributed by atoms with E-state index in [1.165, 1.54) is 0 Å². The number of aryl methyl sites for hydroxylation is 1. The summed E-state index contributed by atoms with van der Waals surface area (Å²) in [4.78, 5) is 12.6. The highest BCUT2D eigenvalue weighted by atomic mass is 35.5. The molecule has 3 rings (SSSR count). The average molecular weight is 333 g/mol. The highest BCUT2D eigenvalue weighted by molar-refractivity contribution is 6.07. The van der Waals surface area contributed by atoms with Gasteiger partial charge in [-0.2, -0.15) is 0 Å². The van der Waals surface area contributed by atoms with Crippen LogP contribution in [0.25, 0.3) is 0 Å². The van der Waals surface area contributed by atoms with Crippen LogP contribution in [0.2, 0.25) is 0 Å². The third-order valence-electron chi connectivity index (χ3n) is 4.06. The molecule has 1 aliphatic heterocycles. The zero-order valence-electron chi connectivity index (χ0n) is 13.1. The number of carbonyl (C=O) groups is 1. The summed E-state index contributed by atoms with van der Waals surface area (Å²) in [5, 5.41) is 16.1. The quantitative estimate of drug-likeness (QED) is 0.745. The molecule has 23 heavy (non-hydrogen) atoms. The summed E-state index contributed by atoms with van der Waals surface area (Å²) in [5.74, 6) is -0.0856. The van der Waals surface area contributed by atoms with Gasteiger partial charge in [-0.05, 0) is 54.7 Å². The van der Waals surface area contributed by atoms with Gasteiger partial charge in [0.1, 0.15) is 5.75 Å². The average Bonchev–Trinajstić information content (AvgIpc) is 2.56. The summed E-state index contributed by atoms with van der Waals surface area (Å²) in [6.07, 6.45) is 2.77. The fourth-order valence-electron chi connectivity index (χ4n) is 2.82. The lowest BCUT2D eigenvalue weighted by Crippen LogP contribution is -2.19. The van der Waals surface area contributed by atoms with Crippen molar-refractivity contribution < 1.29 is 9.90 Å². The molecule has 0 radical (unpaired) electrons. The number of fused-ring (bicyclic) bond motifs is 1. The molecule has 1 heterocycles. The predicted molar refractivity (Wildman–Crippen MR) is 95.9 cm³/mol. The number of phenols is 1. The Bertz CT molecular complexity index is 716. The Hall–Kier alpha value is -2.20. The Kier molecular flexibility index (Phi) is 5.50. The lowest BCUT2D eigenvalue weighted by molar-refractivity contribution is 0.102. The molecular weight excluding hydrogens is 312 g/mol. The molecule has 3 N–H and O–H groups in total. The molecule has 122 valence electrons. The lowest BCUT2D eigenvalue weighted by Gasteiger charge is -2.20. The molecule has 1 amide bonds. The number of hydrogen-bond acceptors (Lipinski definition) is 3. The molecule has 4 nitrogen and oxygen atoms in total. The van der Waals surface area contributed by atoms with E-state index in [9.17, 15) is 9.90 Å². The minimum Gasteiger partial charge on any atom is -0.506 e. The van der Waals surface area contributed by atoms with Gasteiger partial charge in [0.2, 0.25) is 0 Å². The van der Waals surface area contributed by atoms with E-state index in [0.717, 1.165) is 42.6 Å². The second kappa shape index (κ2) is 7.38. The zero-order valence-corrected chi connectivity index (χ0v) is 13.9. The summed E-state index contributed by atoms with van der Waals surface area (Å²) in [7, 11) is 0. The van der Waals surface area contributed by atoms with Gasteiger partial charge in [0.15, 0.2) is 0 Å². The Labute approximate surface area is 142 Å². The maximum absolute atomic E-state index is 12.6. The van der Waals surface area contributed by atoms with Gasteiger partial charge in [0.05, 0.1) is 5.69 Å². The number of benzene rings is 2. The van der Waals surface area contributed by atoms with Crippen LogP contribution in [0.1, 0.15) is 34.8 Å². The van der Waals surface area contributed by atoms with Crippen molar-refractivity contribution in [2.75, 3.05) is 17.2 Å². The van der Waals surface area contributed by atoms with Crippen LogP contribution in [-0.4, -0.2) is 17.6 Å². The number of phenolic OH excluding ortho intramolecular Hbond substituents is 1. The van der Waals surface area contributed by atoms with E-state index in [0.29, 0.717) is 11.3 Å². The van der Waals surface area contributed by atoms with E-state index in [1.807, 2.05) is 37.3 Å². The Balaban J connectivity index is 0.00000192. The van der Waals surface area contributed by atoms with E-state index in [1.54, 1.807) is 6.07 Å². The van der Waals surface area contributed by atoms with Gasteiger partial charge in [-0.15, -0.1) is 12.4 Å². The smallest absolute Gasteiger partial charge is 0.256 e. The van der Waals surface area contributed by atoms with Crippen molar-refractivity contribution in [2.45, 2.75) is 26.2 Å². The monoisotopic (exact) mass is 332 g/mol. The Morgan fingerprint density at radius 3 is 2.91 bits per heavy atom. The third-order valence-corrected chi connectivity index (χ3v) is 4.06. The predicted octanol–water partition coefficient (Wildman–Crippen LogP) is 3.99. The van der Waals surface area contributed by atoms with Crippen molar-refractivity contribution in [3.8, 4) is 5.75 Å². The number of carbonyl (C=O) groups excluding carboxylic acids is 1. The summed E-state index contributed by atoms with van der Waals surface area (Å²) < 4.78 is 0. The number of nitrogens with one attached hydrogen (secondary N) is 2. The van der Waals surface area contributed by atoms with Crippen LogP contribution in [0.5, 0.6) is 5.75 Å². The largest absolute Gasteiger partial charge is 0.506 e. The fraction of sp³-hybridized carbons (Fsp3) is 0.278. The standard InChI is InChI=1S/C18H20N2O2.ClH/c1-2-12-8-9-17(21)16(11-12)20-18(22)14-5-3-7-15-13(14)6-4-10-19-15;/h3,5,7-9,11,19,21H,2,4,6,10H2,1H3,(H,20,22);1H. The highest BCUT2D eigenvalue weighted by Gasteiger charge is 2.18. The number of halogens is 1. The van der Waals surface area contributed by atoms with Crippen LogP contribution in [-0.2, 0) is 12.8 Å². The van der Waals surface area contributed by atoms with Gasteiger partial charge >= 0.3 is 0 Å². The van der Waals surface area contributed by atoms with Gasteiger partial charge in [-0.25, -0.2) is 0 Å². The minimum atomic E-state index is -0.177. The van der Waals surface area contributed by atoms with Crippen LogP contribution < -0.4 is 10.6 Å². The van der Waals surface area contributed by atoms with Gasteiger partial charge < -0.3 is 15.7 Å². The first-order chi connectivity index (χ1) is 10.7. The van der Waals surface area contributed by atoms with Crippen molar-refractivity contribution in [1.29, 1.82) is 0 Å². The van der Waals surface area contributed by atoms with E-state index in [2.05, 4.69) is 10.6 Å². The van der Waals surface area contributed by atoms with E-state index < -0.39 is 0 Å². The van der Waals surface area contributed by atoms with Crippen LogP contribution in [0.3, 0.4) is 0 Å². The highest BCUT2D eigenvalue weighted by Crippen LogP contribution is 2.28. The molecule has 0 fully saturated rings. The van der Waals surface area contributed by atoms with Gasteiger partial charge in [0.25, 0.3) is 5.91 Å². The second-order valence-corrected chi connectivity index (χ2v) is 5.52. The first-order valence-corrected chi connectivity index (χ1v) is 7.68. The normalized spacial score (nSPS) is 12.6. The number of anilines is 2. The van der Waals surface area contributed by atoms with E-state index in [4.69, 9.17) is 0 Å². The Morgan fingerprint density at radius 2 is 2.13 bits per heavy atom. The van der Waals surface area contributed by atoms with E-state index in [-0.39, 0.29) is 24.1 Å².